The zero-order valence-corrected chi connectivity index (χ0v) is 17.7. The van der Waals surface area contributed by atoms with E-state index in [1.807, 2.05) is 21.7 Å². The number of carbonyl (C=O) groups is 1. The number of hydrogen-bond donors (Lipinski definition) is 0. The maximum Gasteiger partial charge on any atom is 0.234 e. The highest BCUT2D eigenvalue weighted by Crippen LogP contribution is 2.22. The molecule has 1 aliphatic rings. The van der Waals surface area contributed by atoms with E-state index < -0.39 is 10.0 Å². The first kappa shape index (κ1) is 20.6. The van der Waals surface area contributed by atoms with Crippen molar-refractivity contribution in [2.45, 2.75) is 32.3 Å². The summed E-state index contributed by atoms with van der Waals surface area (Å²) < 4.78 is 31.0. The Bertz CT molecular complexity index is 874. The van der Waals surface area contributed by atoms with Gasteiger partial charge in [-0.3, -0.25) is 9.10 Å². The Labute approximate surface area is 170 Å². The average molecular weight is 424 g/mol. The summed E-state index contributed by atoms with van der Waals surface area (Å²) in [6.45, 7) is 2.95. The van der Waals surface area contributed by atoms with E-state index in [-0.39, 0.29) is 17.8 Å². The van der Waals surface area contributed by atoms with Crippen LogP contribution in [0.3, 0.4) is 0 Å². The number of carbonyl (C=O) groups excluding carboxylic acids is 1. The fourth-order valence-corrected chi connectivity index (χ4v) is 4.54. The molecule has 1 aliphatic heterocycles. The van der Waals surface area contributed by atoms with E-state index in [0.717, 1.165) is 18.4 Å². The van der Waals surface area contributed by atoms with Crippen molar-refractivity contribution in [1.82, 2.24) is 9.88 Å². The third-order valence-electron chi connectivity index (χ3n) is 4.88. The number of aromatic nitrogens is 1. The molecule has 0 saturated carbocycles. The molecule has 0 aliphatic carbocycles. The zero-order chi connectivity index (χ0) is 20.1. The number of thiophene rings is 1. The van der Waals surface area contributed by atoms with Gasteiger partial charge in [-0.1, -0.05) is 0 Å². The predicted molar refractivity (Wildman–Crippen MR) is 110 cm³/mol. The lowest BCUT2D eigenvalue weighted by Crippen LogP contribution is -2.42. The van der Waals surface area contributed by atoms with Crippen LogP contribution < -0.4 is 9.04 Å². The summed E-state index contributed by atoms with van der Waals surface area (Å²) in [5, 5.41) is 3.99. The fourth-order valence-electron chi connectivity index (χ4n) is 3.06. The van der Waals surface area contributed by atoms with Crippen LogP contribution in [0.15, 0.2) is 35.2 Å². The number of nitrogens with zero attached hydrogens (tertiary/aromatic N) is 3. The Kier molecular flexibility index (Phi) is 6.56. The first-order chi connectivity index (χ1) is 13.4. The summed E-state index contributed by atoms with van der Waals surface area (Å²) in [5.74, 6) is 0.652. The number of pyridine rings is 1. The standard InChI is InChI=1S/C19H25N3O4S2/c1-3-28(24,25)21(2)16-4-5-18(20-13-16)26-17-6-9-22(10-7-17)19(23)12-15-8-11-27-14-15/h4-5,8,11,13-14,17H,3,6-7,9-10,12H2,1-2H3. The molecule has 152 valence electrons. The molecule has 1 amide bonds. The molecule has 0 unspecified atom stereocenters. The number of anilines is 1. The van der Waals surface area contributed by atoms with Gasteiger partial charge in [0.25, 0.3) is 0 Å². The third kappa shape index (κ3) is 5.02. The van der Waals surface area contributed by atoms with Crippen molar-refractivity contribution >= 4 is 33.0 Å². The Balaban J connectivity index is 1.50. The van der Waals surface area contributed by atoms with Crippen LogP contribution in [-0.4, -0.2) is 56.2 Å². The number of hydrogen-bond acceptors (Lipinski definition) is 6. The molecular formula is C19H25N3O4S2. The average Bonchev–Trinajstić information content (AvgIpc) is 3.21. The minimum absolute atomic E-state index is 0.000603. The van der Waals surface area contributed by atoms with Crippen molar-refractivity contribution < 1.29 is 17.9 Å². The highest BCUT2D eigenvalue weighted by molar-refractivity contribution is 7.92. The Hall–Kier alpha value is -2.13. The molecule has 1 saturated heterocycles. The molecule has 1 fully saturated rings. The van der Waals surface area contributed by atoms with Gasteiger partial charge in [0, 0.05) is 39.0 Å². The Morgan fingerprint density at radius 3 is 2.64 bits per heavy atom. The van der Waals surface area contributed by atoms with Crippen molar-refractivity contribution in [2.75, 3.05) is 30.2 Å². The molecule has 3 rings (SSSR count). The molecule has 0 spiro atoms. The lowest BCUT2D eigenvalue weighted by atomic mass is 10.1. The van der Waals surface area contributed by atoms with Gasteiger partial charge in [-0.15, -0.1) is 0 Å². The first-order valence-electron chi connectivity index (χ1n) is 9.27. The number of rotatable bonds is 7. The molecule has 2 aromatic heterocycles. The van der Waals surface area contributed by atoms with E-state index >= 15 is 0 Å². The van der Waals surface area contributed by atoms with Crippen LogP contribution in [0.25, 0.3) is 0 Å². The Morgan fingerprint density at radius 2 is 2.07 bits per heavy atom. The van der Waals surface area contributed by atoms with Crippen molar-refractivity contribution in [3.8, 4) is 5.88 Å². The van der Waals surface area contributed by atoms with E-state index in [4.69, 9.17) is 4.74 Å². The van der Waals surface area contributed by atoms with E-state index in [2.05, 4.69) is 4.98 Å². The molecule has 0 atom stereocenters. The fraction of sp³-hybridized carbons (Fsp3) is 0.474. The van der Waals surface area contributed by atoms with Gasteiger partial charge in [-0.2, -0.15) is 11.3 Å². The second kappa shape index (κ2) is 8.91. The predicted octanol–water partition coefficient (Wildman–Crippen LogP) is 2.54. The molecular weight excluding hydrogens is 398 g/mol. The van der Waals surface area contributed by atoms with Crippen molar-refractivity contribution in [3.05, 3.63) is 40.7 Å². The van der Waals surface area contributed by atoms with Crippen LogP contribution >= 0.6 is 11.3 Å². The second-order valence-electron chi connectivity index (χ2n) is 6.73. The molecule has 28 heavy (non-hydrogen) atoms. The van der Waals surface area contributed by atoms with Crippen LogP contribution in [0, 0.1) is 0 Å². The molecule has 3 heterocycles. The van der Waals surface area contributed by atoms with Crippen molar-refractivity contribution in [1.29, 1.82) is 0 Å². The van der Waals surface area contributed by atoms with Crippen LogP contribution in [0.4, 0.5) is 5.69 Å². The summed E-state index contributed by atoms with van der Waals surface area (Å²) in [6, 6.07) is 5.36. The summed E-state index contributed by atoms with van der Waals surface area (Å²) in [7, 11) is -1.80. The SMILES string of the molecule is CCS(=O)(=O)N(C)c1ccc(OC2CCN(C(=O)Cc3ccsc3)CC2)nc1. The van der Waals surface area contributed by atoms with E-state index in [1.165, 1.54) is 17.5 Å². The van der Waals surface area contributed by atoms with Crippen LogP contribution in [0.2, 0.25) is 0 Å². The van der Waals surface area contributed by atoms with Gasteiger partial charge in [0.05, 0.1) is 24.1 Å². The zero-order valence-electron chi connectivity index (χ0n) is 16.1. The van der Waals surface area contributed by atoms with Gasteiger partial charge in [-0.05, 0) is 35.4 Å². The number of ether oxygens (including phenoxy) is 1. The van der Waals surface area contributed by atoms with Crippen molar-refractivity contribution in [2.24, 2.45) is 0 Å². The largest absolute Gasteiger partial charge is 0.474 e. The van der Waals surface area contributed by atoms with E-state index in [0.29, 0.717) is 31.1 Å². The quantitative estimate of drug-likeness (QED) is 0.684. The van der Waals surface area contributed by atoms with E-state index in [9.17, 15) is 13.2 Å². The molecule has 0 N–H and O–H groups in total. The normalized spacial score (nSPS) is 15.4. The summed E-state index contributed by atoms with van der Waals surface area (Å²) in [5.41, 5.74) is 1.57. The molecule has 0 bridgehead atoms. The summed E-state index contributed by atoms with van der Waals surface area (Å²) >= 11 is 1.60. The molecule has 0 radical (unpaired) electrons. The van der Waals surface area contributed by atoms with Gasteiger partial charge in [-0.25, -0.2) is 13.4 Å². The van der Waals surface area contributed by atoms with Crippen LogP contribution in [0.5, 0.6) is 5.88 Å². The smallest absolute Gasteiger partial charge is 0.234 e. The molecule has 2 aromatic rings. The van der Waals surface area contributed by atoms with E-state index in [1.54, 1.807) is 30.4 Å². The number of sulfonamides is 1. The van der Waals surface area contributed by atoms with Gasteiger partial charge < -0.3 is 9.64 Å². The molecule has 9 heteroatoms. The van der Waals surface area contributed by atoms with Gasteiger partial charge in [0.2, 0.25) is 21.8 Å². The minimum atomic E-state index is -3.31. The topological polar surface area (TPSA) is 79.8 Å². The second-order valence-corrected chi connectivity index (χ2v) is 9.80. The Morgan fingerprint density at radius 1 is 1.32 bits per heavy atom. The number of likely N-dealkylation sites (tertiary alicyclic amines) is 1. The highest BCUT2D eigenvalue weighted by Gasteiger charge is 2.24. The monoisotopic (exact) mass is 423 g/mol. The molecule has 7 nitrogen and oxygen atoms in total. The first-order valence-corrected chi connectivity index (χ1v) is 11.8. The van der Waals surface area contributed by atoms with Gasteiger partial charge in [0.15, 0.2) is 0 Å². The third-order valence-corrected chi connectivity index (χ3v) is 7.39. The highest BCUT2D eigenvalue weighted by atomic mass is 32.2. The van der Waals surface area contributed by atoms with Crippen LogP contribution in [-0.2, 0) is 21.2 Å². The number of amides is 1. The lowest BCUT2D eigenvalue weighted by molar-refractivity contribution is -0.132. The summed E-state index contributed by atoms with van der Waals surface area (Å²) in [6.07, 6.45) is 3.46. The minimum Gasteiger partial charge on any atom is -0.474 e. The van der Waals surface area contributed by atoms with Gasteiger partial charge in [0.1, 0.15) is 6.10 Å². The summed E-state index contributed by atoms with van der Waals surface area (Å²) in [4.78, 5) is 18.5. The number of piperidine rings is 1. The maximum atomic E-state index is 12.4. The molecule has 0 aromatic carbocycles. The van der Waals surface area contributed by atoms with Crippen LogP contribution in [0.1, 0.15) is 25.3 Å². The maximum absolute atomic E-state index is 12.4. The lowest BCUT2D eigenvalue weighted by Gasteiger charge is -2.32. The van der Waals surface area contributed by atoms with Crippen molar-refractivity contribution in [3.63, 3.8) is 0 Å². The van der Waals surface area contributed by atoms with Gasteiger partial charge >= 0.3 is 0 Å².